The third kappa shape index (κ3) is 10.6. The van der Waals surface area contributed by atoms with E-state index in [1.807, 2.05) is 0 Å². The number of amides is 4. The summed E-state index contributed by atoms with van der Waals surface area (Å²) in [4.78, 5) is 73.2. The number of likely N-dealkylation sites (tertiary alicyclic amines) is 1. The Morgan fingerprint density at radius 1 is 0.903 bits per heavy atom. The van der Waals surface area contributed by atoms with Crippen LogP contribution in [0.1, 0.15) is 125 Å². The zero-order valence-electron chi connectivity index (χ0n) is 34.4. The summed E-state index contributed by atoms with van der Waals surface area (Å²) in [5, 5.41) is 32.5. The molecule has 2 aromatic heterocycles. The van der Waals surface area contributed by atoms with Crippen molar-refractivity contribution in [3.05, 3.63) is 81.6 Å². The van der Waals surface area contributed by atoms with Gasteiger partial charge in [0, 0.05) is 42.4 Å². The molecule has 1 atom stereocenters. The summed E-state index contributed by atoms with van der Waals surface area (Å²) in [5.41, 5.74) is -1.46. The van der Waals surface area contributed by atoms with Gasteiger partial charge in [-0.1, -0.05) is 12.1 Å². The van der Waals surface area contributed by atoms with Gasteiger partial charge in [-0.25, -0.2) is 14.8 Å². The van der Waals surface area contributed by atoms with Gasteiger partial charge in [0.05, 0.1) is 32.0 Å². The number of hydrogen-bond donors (Lipinski definition) is 6. The van der Waals surface area contributed by atoms with Crippen molar-refractivity contribution >= 4 is 62.5 Å². The summed E-state index contributed by atoms with van der Waals surface area (Å²) < 4.78 is 40.6. The van der Waals surface area contributed by atoms with E-state index in [2.05, 4.69) is 31.2 Å². The number of benzene rings is 2. The minimum atomic E-state index is -4.70. The summed E-state index contributed by atoms with van der Waals surface area (Å²) in [6.45, 7) is 6.64. The van der Waals surface area contributed by atoms with Crippen LogP contribution in [0.25, 0.3) is 10.2 Å². The summed E-state index contributed by atoms with van der Waals surface area (Å²) in [7, 11) is 0. The fraction of sp³-hybridized carbons (Fsp3) is 0.477. The standard InChI is InChI=1S/C44H50F3N7O7S/c1-43(2,61)28-21-33-34(22-32(28)51-38(56)30-7-4-8-35(49-30)44(45,46)47)62-41(52-33)26-11-9-25(10-12-26)23-54-19-16-24(17-20-54)15-18-48-29-6-3-5-27(42(59)60)37(29)40(58)50-31-13-14-36(55)53-39(31)57/h3-8,21-22,24-26,31,48,61H,9-20,23H2,1-2H3,(H,50,58)(H,51,56)(H,59,60)(H,53,55,57). The van der Waals surface area contributed by atoms with E-state index in [-0.39, 0.29) is 35.6 Å². The van der Waals surface area contributed by atoms with Crippen molar-refractivity contribution in [3.8, 4) is 0 Å². The number of halogens is 3. The molecule has 62 heavy (non-hydrogen) atoms. The van der Waals surface area contributed by atoms with E-state index in [1.165, 1.54) is 23.5 Å². The number of hydrogen-bond acceptors (Lipinski definition) is 11. The van der Waals surface area contributed by atoms with Crippen LogP contribution in [0.4, 0.5) is 24.5 Å². The van der Waals surface area contributed by atoms with E-state index in [4.69, 9.17) is 4.98 Å². The maximum Gasteiger partial charge on any atom is 0.433 e. The zero-order valence-corrected chi connectivity index (χ0v) is 35.3. The Morgan fingerprint density at radius 2 is 1.63 bits per heavy atom. The van der Waals surface area contributed by atoms with Crippen LogP contribution in [0.15, 0.2) is 48.5 Å². The molecule has 2 saturated heterocycles. The molecule has 0 spiro atoms. The normalized spacial score (nSPS) is 20.5. The van der Waals surface area contributed by atoms with E-state index < -0.39 is 58.8 Å². The number of carbonyl (C=O) groups excluding carboxylic acids is 4. The number of anilines is 2. The van der Waals surface area contributed by atoms with E-state index >= 15 is 0 Å². The number of aliphatic hydroxyl groups is 1. The molecule has 4 heterocycles. The number of nitrogens with one attached hydrogen (secondary N) is 4. The topological polar surface area (TPSA) is 203 Å². The van der Waals surface area contributed by atoms with E-state index in [1.54, 1.807) is 38.1 Å². The highest BCUT2D eigenvalue weighted by Gasteiger charge is 2.34. The fourth-order valence-electron chi connectivity index (χ4n) is 8.69. The second kappa shape index (κ2) is 18.5. The fourth-order valence-corrected chi connectivity index (χ4v) is 9.85. The lowest BCUT2D eigenvalue weighted by Crippen LogP contribution is -2.52. The molecule has 1 aliphatic carbocycles. The number of aromatic carboxylic acids is 1. The molecule has 1 saturated carbocycles. The minimum Gasteiger partial charge on any atom is -0.478 e. The molecule has 2 aliphatic heterocycles. The Hall–Kier alpha value is -5.46. The molecule has 0 bridgehead atoms. The first-order valence-corrected chi connectivity index (χ1v) is 21.7. The Balaban J connectivity index is 0.892. The smallest absolute Gasteiger partial charge is 0.433 e. The third-order valence-corrected chi connectivity index (χ3v) is 13.3. The number of imide groups is 1. The Morgan fingerprint density at radius 3 is 2.31 bits per heavy atom. The molecular weight excluding hydrogens is 828 g/mol. The van der Waals surface area contributed by atoms with E-state index in [0.717, 1.165) is 86.4 Å². The number of rotatable bonds is 13. The third-order valence-electron chi connectivity index (χ3n) is 12.1. The number of thiazole rings is 1. The Bertz CT molecular complexity index is 2350. The quantitative estimate of drug-likeness (QED) is 0.0762. The molecule has 1 unspecified atom stereocenters. The maximum absolute atomic E-state index is 13.3. The van der Waals surface area contributed by atoms with Gasteiger partial charge in [0.1, 0.15) is 17.4 Å². The van der Waals surface area contributed by atoms with Crippen molar-refractivity contribution < 1.29 is 47.4 Å². The lowest BCUT2D eigenvalue weighted by atomic mass is 9.81. The number of aromatic nitrogens is 2. The summed E-state index contributed by atoms with van der Waals surface area (Å²) >= 11 is 1.52. The van der Waals surface area contributed by atoms with Gasteiger partial charge >= 0.3 is 12.1 Å². The van der Waals surface area contributed by atoms with Crippen LogP contribution in [-0.2, 0) is 21.4 Å². The lowest BCUT2D eigenvalue weighted by molar-refractivity contribution is -0.141. The van der Waals surface area contributed by atoms with Crippen LogP contribution >= 0.6 is 11.3 Å². The maximum atomic E-state index is 13.3. The lowest BCUT2D eigenvalue weighted by Gasteiger charge is -2.36. The molecule has 330 valence electrons. The second-order valence-electron chi connectivity index (χ2n) is 17.0. The van der Waals surface area contributed by atoms with Gasteiger partial charge in [0.2, 0.25) is 11.8 Å². The number of carbonyl (C=O) groups is 5. The predicted molar refractivity (Wildman–Crippen MR) is 226 cm³/mol. The number of piperidine rings is 2. The monoisotopic (exact) mass is 877 g/mol. The van der Waals surface area contributed by atoms with E-state index in [9.17, 15) is 47.4 Å². The second-order valence-corrected chi connectivity index (χ2v) is 18.1. The van der Waals surface area contributed by atoms with Crippen molar-refractivity contribution in [2.75, 3.05) is 36.8 Å². The molecule has 4 amide bonds. The van der Waals surface area contributed by atoms with Crippen LogP contribution in [0.5, 0.6) is 0 Å². The van der Waals surface area contributed by atoms with Crippen LogP contribution in [0, 0.1) is 11.8 Å². The first-order chi connectivity index (χ1) is 29.4. The molecule has 4 aromatic rings. The van der Waals surface area contributed by atoms with Gasteiger partial charge in [-0.05, 0) is 127 Å². The first-order valence-electron chi connectivity index (χ1n) is 20.9. The molecule has 6 N–H and O–H groups in total. The van der Waals surface area contributed by atoms with Crippen molar-refractivity contribution in [2.45, 2.75) is 95.4 Å². The molecule has 3 fully saturated rings. The summed E-state index contributed by atoms with van der Waals surface area (Å²) in [5.74, 6) is -2.54. The number of nitrogens with zero attached hydrogens (tertiary/aromatic N) is 3. The van der Waals surface area contributed by atoms with Gasteiger partial charge in [-0.2, -0.15) is 13.2 Å². The number of alkyl halides is 3. The SMILES string of the molecule is CC(C)(O)c1cc2nc(C3CCC(CN4CCC(CCNc5cccc(C(=O)O)c5C(=O)NC5CCC(=O)NC5=O)CC4)CC3)sc2cc1NC(=O)c1cccc(C(F)(F)F)n1. The number of fused-ring (bicyclic) bond motifs is 1. The number of carboxylic acid groups (broad SMARTS) is 1. The highest BCUT2D eigenvalue weighted by atomic mass is 32.1. The molecule has 2 aromatic carbocycles. The van der Waals surface area contributed by atoms with Crippen LogP contribution < -0.4 is 21.3 Å². The molecule has 3 aliphatic rings. The molecule has 14 nitrogen and oxygen atoms in total. The summed E-state index contributed by atoms with van der Waals surface area (Å²) in [6.07, 6.45) is 2.46. The van der Waals surface area contributed by atoms with Crippen molar-refractivity contribution in [3.63, 3.8) is 0 Å². The van der Waals surface area contributed by atoms with E-state index in [0.29, 0.717) is 35.1 Å². The number of carboxylic acids is 1. The van der Waals surface area contributed by atoms with Gasteiger partial charge in [-0.15, -0.1) is 11.3 Å². The minimum absolute atomic E-state index is 0.0511. The predicted octanol–water partition coefficient (Wildman–Crippen LogP) is 6.91. The molecule has 18 heteroatoms. The van der Waals surface area contributed by atoms with Crippen molar-refractivity contribution in [2.24, 2.45) is 11.8 Å². The van der Waals surface area contributed by atoms with Crippen molar-refractivity contribution in [1.82, 2.24) is 25.5 Å². The molecule has 7 rings (SSSR count). The highest BCUT2D eigenvalue weighted by molar-refractivity contribution is 7.18. The Labute approximate surface area is 360 Å². The summed E-state index contributed by atoms with van der Waals surface area (Å²) in [6, 6.07) is 10.2. The van der Waals surface area contributed by atoms with Crippen molar-refractivity contribution in [1.29, 1.82) is 0 Å². The van der Waals surface area contributed by atoms with Crippen LogP contribution in [0.3, 0.4) is 0 Å². The van der Waals surface area contributed by atoms with Gasteiger partial charge in [0.25, 0.3) is 11.8 Å². The van der Waals surface area contributed by atoms with Crippen LogP contribution in [0.2, 0.25) is 0 Å². The molecule has 0 radical (unpaired) electrons. The Kier molecular flexibility index (Phi) is 13.3. The first kappa shape index (κ1) is 44.6. The van der Waals surface area contributed by atoms with Gasteiger partial charge in [0.15, 0.2) is 0 Å². The van der Waals surface area contributed by atoms with Crippen LogP contribution in [-0.4, -0.2) is 86.9 Å². The number of pyridine rings is 1. The highest BCUT2D eigenvalue weighted by Crippen LogP contribution is 2.42. The largest absolute Gasteiger partial charge is 0.478 e. The van der Waals surface area contributed by atoms with Gasteiger partial charge in [-0.3, -0.25) is 24.5 Å². The average Bonchev–Trinajstić information content (AvgIpc) is 3.65. The zero-order chi connectivity index (χ0) is 44.3. The van der Waals surface area contributed by atoms with Gasteiger partial charge < -0.3 is 31.1 Å². The average molecular weight is 878 g/mol. The molecular formula is C44H50F3N7O7S.